The number of aliphatic imine (C=N–C) groups is 1. The van der Waals surface area contributed by atoms with Gasteiger partial charge in [0, 0.05) is 37.7 Å². The Hall–Kier alpha value is -2.17. The Labute approximate surface area is 166 Å². The summed E-state index contributed by atoms with van der Waals surface area (Å²) < 4.78 is 0. The number of nitrogens with zero attached hydrogens (tertiary/aromatic N) is 2. The van der Waals surface area contributed by atoms with E-state index >= 15 is 0 Å². The van der Waals surface area contributed by atoms with E-state index in [1.54, 1.807) is 0 Å². The van der Waals surface area contributed by atoms with Crippen LogP contribution in [-0.2, 0) is 16.0 Å². The molecule has 0 radical (unpaired) electrons. The summed E-state index contributed by atoms with van der Waals surface area (Å²) in [6, 6.07) is 6.55. The van der Waals surface area contributed by atoms with Gasteiger partial charge in [0.1, 0.15) is 0 Å². The van der Waals surface area contributed by atoms with Gasteiger partial charge in [-0.2, -0.15) is 0 Å². The van der Waals surface area contributed by atoms with Crippen molar-refractivity contribution in [1.82, 2.24) is 4.90 Å². The molecule has 0 aromatic heterocycles. The SMILES string of the molecule is Cc1ccc2c(c1)C(C[C@H]1CN(C(=O)C3CCC3)CC[C@H]1CC(=O)O)=NCC2. The molecule has 0 spiro atoms. The fraction of sp³-hybridized carbons (Fsp3) is 0.609. The number of benzene rings is 1. The summed E-state index contributed by atoms with van der Waals surface area (Å²) in [5.74, 6) is 0.0226. The fourth-order valence-corrected chi connectivity index (χ4v) is 4.91. The first-order valence-electron chi connectivity index (χ1n) is 10.6. The molecule has 2 heterocycles. The fourth-order valence-electron chi connectivity index (χ4n) is 4.91. The van der Waals surface area contributed by atoms with Crippen LogP contribution >= 0.6 is 0 Å². The highest BCUT2D eigenvalue weighted by Crippen LogP contribution is 2.35. The lowest BCUT2D eigenvalue weighted by molar-refractivity contribution is -0.142. The number of carboxylic acid groups (broad SMARTS) is 1. The highest BCUT2D eigenvalue weighted by Gasteiger charge is 2.37. The molecule has 1 N–H and O–H groups in total. The zero-order valence-electron chi connectivity index (χ0n) is 16.7. The first-order chi connectivity index (χ1) is 13.5. The first kappa shape index (κ1) is 19.2. The zero-order valence-corrected chi connectivity index (χ0v) is 16.7. The van der Waals surface area contributed by atoms with Crippen LogP contribution in [0.5, 0.6) is 0 Å². The van der Waals surface area contributed by atoms with Gasteiger partial charge in [-0.25, -0.2) is 0 Å². The van der Waals surface area contributed by atoms with Crippen molar-refractivity contribution in [1.29, 1.82) is 0 Å². The number of hydrogen-bond donors (Lipinski definition) is 1. The van der Waals surface area contributed by atoms with E-state index in [-0.39, 0.29) is 30.1 Å². The Bertz CT molecular complexity index is 797. The van der Waals surface area contributed by atoms with E-state index in [4.69, 9.17) is 4.99 Å². The van der Waals surface area contributed by atoms with Gasteiger partial charge in [-0.05, 0) is 68.1 Å². The summed E-state index contributed by atoms with van der Waals surface area (Å²) in [6.45, 7) is 4.27. The topological polar surface area (TPSA) is 70.0 Å². The molecule has 1 aromatic rings. The Morgan fingerprint density at radius 2 is 2.04 bits per heavy atom. The lowest BCUT2D eigenvalue weighted by Crippen LogP contribution is -2.48. The van der Waals surface area contributed by atoms with E-state index in [1.807, 2.05) is 4.90 Å². The zero-order chi connectivity index (χ0) is 19.7. The molecule has 1 saturated heterocycles. The van der Waals surface area contributed by atoms with Crippen molar-refractivity contribution in [3.63, 3.8) is 0 Å². The minimum absolute atomic E-state index is 0.112. The number of amides is 1. The predicted octanol–water partition coefficient (Wildman–Crippen LogP) is 3.47. The molecule has 28 heavy (non-hydrogen) atoms. The summed E-state index contributed by atoms with van der Waals surface area (Å²) >= 11 is 0. The molecule has 2 atom stereocenters. The molecule has 1 saturated carbocycles. The van der Waals surface area contributed by atoms with Gasteiger partial charge in [0.05, 0.1) is 0 Å². The molecule has 1 amide bonds. The van der Waals surface area contributed by atoms with E-state index in [2.05, 4.69) is 25.1 Å². The molecule has 5 nitrogen and oxygen atoms in total. The van der Waals surface area contributed by atoms with Crippen molar-refractivity contribution in [3.8, 4) is 0 Å². The normalized spacial score (nSPS) is 24.9. The van der Waals surface area contributed by atoms with Crippen molar-refractivity contribution < 1.29 is 14.7 Å². The monoisotopic (exact) mass is 382 g/mol. The number of carboxylic acids is 1. The van der Waals surface area contributed by atoms with Crippen molar-refractivity contribution in [2.24, 2.45) is 22.7 Å². The van der Waals surface area contributed by atoms with Gasteiger partial charge in [0.2, 0.25) is 5.91 Å². The summed E-state index contributed by atoms with van der Waals surface area (Å²) in [5.41, 5.74) is 4.88. The second kappa shape index (κ2) is 8.06. The van der Waals surface area contributed by atoms with E-state index in [1.165, 1.54) is 16.7 Å². The van der Waals surface area contributed by atoms with Gasteiger partial charge >= 0.3 is 5.97 Å². The molecule has 2 fully saturated rings. The Kier molecular flexibility index (Phi) is 5.51. The summed E-state index contributed by atoms with van der Waals surface area (Å²) in [4.78, 5) is 31.0. The highest BCUT2D eigenvalue weighted by atomic mass is 16.4. The average molecular weight is 383 g/mol. The van der Waals surface area contributed by atoms with Crippen molar-refractivity contribution in [2.45, 2.75) is 51.9 Å². The van der Waals surface area contributed by atoms with E-state index in [9.17, 15) is 14.7 Å². The third kappa shape index (κ3) is 3.98. The molecule has 0 unspecified atom stereocenters. The van der Waals surface area contributed by atoms with E-state index < -0.39 is 5.97 Å². The van der Waals surface area contributed by atoms with Crippen LogP contribution in [0.2, 0.25) is 0 Å². The van der Waals surface area contributed by atoms with Gasteiger partial charge in [0.25, 0.3) is 0 Å². The molecule has 1 aliphatic carbocycles. The third-order valence-electron chi connectivity index (χ3n) is 6.81. The number of piperidine rings is 1. The molecular formula is C23H30N2O3. The molecule has 0 bridgehead atoms. The average Bonchev–Trinajstić information content (AvgIpc) is 2.61. The van der Waals surface area contributed by atoms with Gasteiger partial charge in [0.15, 0.2) is 0 Å². The van der Waals surface area contributed by atoms with Gasteiger partial charge in [-0.3, -0.25) is 14.6 Å². The molecular weight excluding hydrogens is 352 g/mol. The van der Waals surface area contributed by atoms with Crippen molar-refractivity contribution >= 4 is 17.6 Å². The number of aliphatic carboxylic acids is 1. The Balaban J connectivity index is 1.53. The Morgan fingerprint density at radius 3 is 2.75 bits per heavy atom. The van der Waals surface area contributed by atoms with Crippen LogP contribution in [-0.4, -0.2) is 47.2 Å². The molecule has 2 aliphatic heterocycles. The number of fused-ring (bicyclic) bond motifs is 1. The maximum atomic E-state index is 12.8. The minimum Gasteiger partial charge on any atom is -0.481 e. The first-order valence-corrected chi connectivity index (χ1v) is 10.6. The van der Waals surface area contributed by atoms with E-state index in [0.717, 1.165) is 50.8 Å². The van der Waals surface area contributed by atoms with Gasteiger partial charge in [-0.15, -0.1) is 0 Å². The molecule has 5 heteroatoms. The molecule has 1 aromatic carbocycles. The lowest BCUT2D eigenvalue weighted by Gasteiger charge is -2.41. The highest BCUT2D eigenvalue weighted by molar-refractivity contribution is 6.03. The second-order valence-electron chi connectivity index (χ2n) is 8.76. The smallest absolute Gasteiger partial charge is 0.303 e. The number of rotatable bonds is 5. The second-order valence-corrected chi connectivity index (χ2v) is 8.76. The van der Waals surface area contributed by atoms with Crippen LogP contribution < -0.4 is 0 Å². The quantitative estimate of drug-likeness (QED) is 0.848. The van der Waals surface area contributed by atoms with Crippen LogP contribution in [0.15, 0.2) is 23.2 Å². The van der Waals surface area contributed by atoms with Crippen molar-refractivity contribution in [3.05, 3.63) is 34.9 Å². The van der Waals surface area contributed by atoms with Crippen LogP contribution in [0.25, 0.3) is 0 Å². The number of aryl methyl sites for hydroxylation is 1. The number of hydrogen-bond acceptors (Lipinski definition) is 3. The Morgan fingerprint density at radius 1 is 1.21 bits per heavy atom. The third-order valence-corrected chi connectivity index (χ3v) is 6.81. The van der Waals surface area contributed by atoms with Crippen LogP contribution in [0.3, 0.4) is 0 Å². The molecule has 3 aliphatic rings. The van der Waals surface area contributed by atoms with Gasteiger partial charge < -0.3 is 10.0 Å². The largest absolute Gasteiger partial charge is 0.481 e. The van der Waals surface area contributed by atoms with E-state index in [0.29, 0.717) is 13.1 Å². The summed E-state index contributed by atoms with van der Waals surface area (Å²) in [7, 11) is 0. The maximum absolute atomic E-state index is 12.8. The predicted molar refractivity (Wildman–Crippen MR) is 109 cm³/mol. The summed E-state index contributed by atoms with van der Waals surface area (Å²) in [5, 5.41) is 9.38. The van der Waals surface area contributed by atoms with Crippen LogP contribution in [0.1, 0.15) is 55.2 Å². The van der Waals surface area contributed by atoms with Crippen molar-refractivity contribution in [2.75, 3.05) is 19.6 Å². The van der Waals surface area contributed by atoms with Crippen LogP contribution in [0.4, 0.5) is 0 Å². The number of carbonyl (C=O) groups excluding carboxylic acids is 1. The molecule has 150 valence electrons. The number of likely N-dealkylation sites (tertiary alicyclic amines) is 1. The maximum Gasteiger partial charge on any atom is 0.303 e. The molecule has 4 rings (SSSR count). The number of carbonyl (C=O) groups is 2. The minimum atomic E-state index is -0.740. The standard InChI is InChI=1S/C23H30N2O3/c1-15-5-6-16-7-9-24-21(20(16)11-15)12-19-14-25(23(28)17-3-2-4-17)10-8-18(19)13-22(26)27/h5-6,11,17-19H,2-4,7-10,12-14H2,1H3,(H,26,27)/t18-,19-/m0/s1. The van der Waals surface area contributed by atoms with Crippen LogP contribution in [0, 0.1) is 24.7 Å². The summed E-state index contributed by atoms with van der Waals surface area (Å²) in [6.07, 6.45) is 5.88. The van der Waals surface area contributed by atoms with Gasteiger partial charge in [-0.1, -0.05) is 24.1 Å². The lowest BCUT2D eigenvalue weighted by atomic mass is 9.77.